The van der Waals surface area contributed by atoms with E-state index >= 15 is 0 Å². The third-order valence-corrected chi connectivity index (χ3v) is 2.61. The minimum Gasteiger partial charge on any atom is -0.335 e. The molecular formula is C13H23N5S2. The summed E-state index contributed by atoms with van der Waals surface area (Å²) in [5.41, 5.74) is 5.14. The van der Waals surface area contributed by atoms with Crippen LogP contribution in [0.1, 0.15) is 19.8 Å². The lowest BCUT2D eigenvalue weighted by Crippen LogP contribution is -2.25. The molecule has 7 heteroatoms. The first kappa shape index (κ1) is 18.7. The molecule has 1 aromatic heterocycles. The van der Waals surface area contributed by atoms with Crippen LogP contribution < -0.4 is 10.6 Å². The Morgan fingerprint density at radius 3 is 2.20 bits per heavy atom. The van der Waals surface area contributed by atoms with Gasteiger partial charge in [-0.15, -0.1) is 13.2 Å². The molecule has 0 spiro atoms. The molecule has 0 aliphatic rings. The summed E-state index contributed by atoms with van der Waals surface area (Å²) < 4.78 is 0.829. The summed E-state index contributed by atoms with van der Waals surface area (Å²) in [6, 6.07) is 0. The van der Waals surface area contributed by atoms with Crippen molar-refractivity contribution in [1.82, 2.24) is 15.0 Å². The topological polar surface area (TPSA) is 73.7 Å². The number of H-pyrrole nitrogens is 2. The monoisotopic (exact) mass is 313 g/mol. The zero-order valence-corrected chi connectivity index (χ0v) is 13.5. The Labute approximate surface area is 130 Å². The van der Waals surface area contributed by atoms with Crippen LogP contribution >= 0.6 is 24.4 Å². The molecule has 5 nitrogen and oxygen atoms in total. The Morgan fingerprint density at radius 2 is 1.85 bits per heavy atom. The second-order valence-corrected chi connectivity index (χ2v) is 4.74. The Bertz CT molecular complexity index is 466. The molecular weight excluding hydrogens is 290 g/mol. The number of anilines is 1. The summed E-state index contributed by atoms with van der Waals surface area (Å²) in [6.45, 7) is 11.6. The zero-order chi connectivity index (χ0) is 15.4. The van der Waals surface area contributed by atoms with Gasteiger partial charge in [0.05, 0.1) is 0 Å². The van der Waals surface area contributed by atoms with Gasteiger partial charge >= 0.3 is 0 Å². The SMILES string of the molecule is C=CCN(CC=C)c1nc(=S)[nH]c(=S)[nH]1.CCCCN. The predicted molar refractivity (Wildman–Crippen MR) is 91.2 cm³/mol. The lowest BCUT2D eigenvalue weighted by Gasteiger charge is -2.19. The van der Waals surface area contributed by atoms with Crippen molar-refractivity contribution in [2.24, 2.45) is 5.73 Å². The van der Waals surface area contributed by atoms with E-state index < -0.39 is 0 Å². The number of nitrogens with two attached hydrogens (primary N) is 1. The molecule has 1 heterocycles. The molecule has 0 atom stereocenters. The molecule has 1 aromatic rings. The van der Waals surface area contributed by atoms with Gasteiger partial charge < -0.3 is 20.6 Å². The molecule has 0 aliphatic carbocycles. The number of hydrogen-bond donors (Lipinski definition) is 3. The van der Waals surface area contributed by atoms with Crippen LogP contribution in [0.15, 0.2) is 25.3 Å². The fourth-order valence-corrected chi connectivity index (χ4v) is 1.74. The van der Waals surface area contributed by atoms with Crippen molar-refractivity contribution in [3.05, 3.63) is 34.9 Å². The first-order valence-corrected chi connectivity index (χ1v) is 7.28. The van der Waals surface area contributed by atoms with Crippen LogP contribution in [0.3, 0.4) is 0 Å². The first-order chi connectivity index (χ1) is 9.58. The number of unbranched alkanes of at least 4 members (excludes halogenated alkanes) is 1. The molecule has 0 aromatic carbocycles. The molecule has 4 N–H and O–H groups in total. The Morgan fingerprint density at radius 1 is 1.25 bits per heavy atom. The van der Waals surface area contributed by atoms with E-state index in [0.29, 0.717) is 28.6 Å². The molecule has 1 rings (SSSR count). The second-order valence-electron chi connectivity index (χ2n) is 3.94. The third kappa shape index (κ3) is 7.98. The summed E-state index contributed by atoms with van der Waals surface area (Å²) in [4.78, 5) is 11.7. The Balaban J connectivity index is 0.000000621. The second kappa shape index (κ2) is 11.5. The molecule has 0 saturated heterocycles. The van der Waals surface area contributed by atoms with Gasteiger partial charge in [0.15, 0.2) is 4.77 Å². The van der Waals surface area contributed by atoms with Crippen molar-refractivity contribution in [3.8, 4) is 0 Å². The number of rotatable bonds is 7. The van der Waals surface area contributed by atoms with E-state index in [1.807, 2.05) is 4.90 Å². The smallest absolute Gasteiger partial charge is 0.208 e. The fourth-order valence-electron chi connectivity index (χ4n) is 1.30. The fraction of sp³-hybridized carbons (Fsp3) is 0.462. The Kier molecular flexibility index (Phi) is 10.8. The van der Waals surface area contributed by atoms with Crippen molar-refractivity contribution in [2.75, 3.05) is 24.5 Å². The summed E-state index contributed by atoms with van der Waals surface area (Å²) in [5, 5.41) is 0. The maximum Gasteiger partial charge on any atom is 0.208 e. The van der Waals surface area contributed by atoms with Gasteiger partial charge in [0.1, 0.15) is 0 Å². The highest BCUT2D eigenvalue weighted by molar-refractivity contribution is 7.71. The van der Waals surface area contributed by atoms with E-state index in [0.717, 1.165) is 6.54 Å². The van der Waals surface area contributed by atoms with Crippen LogP contribution in [0.2, 0.25) is 0 Å². The largest absolute Gasteiger partial charge is 0.335 e. The van der Waals surface area contributed by atoms with Crippen molar-refractivity contribution in [1.29, 1.82) is 0 Å². The average Bonchev–Trinajstić information content (AvgIpc) is 2.39. The van der Waals surface area contributed by atoms with Crippen LogP contribution in [0.4, 0.5) is 5.95 Å². The quantitative estimate of drug-likeness (QED) is 0.533. The first-order valence-electron chi connectivity index (χ1n) is 6.46. The molecule has 0 saturated carbocycles. The summed E-state index contributed by atoms with van der Waals surface area (Å²) in [5.74, 6) is 0.628. The summed E-state index contributed by atoms with van der Waals surface area (Å²) in [7, 11) is 0. The molecule has 20 heavy (non-hydrogen) atoms. The number of nitrogens with one attached hydrogen (secondary N) is 2. The number of hydrogen-bond acceptors (Lipinski definition) is 5. The van der Waals surface area contributed by atoms with E-state index in [-0.39, 0.29) is 0 Å². The Hall–Kier alpha value is -1.31. The van der Waals surface area contributed by atoms with Crippen LogP contribution in [-0.4, -0.2) is 34.6 Å². The highest BCUT2D eigenvalue weighted by atomic mass is 32.1. The predicted octanol–water partition coefficient (Wildman–Crippen LogP) is 3.12. The van der Waals surface area contributed by atoms with Gasteiger partial charge in [-0.1, -0.05) is 25.5 Å². The lowest BCUT2D eigenvalue weighted by molar-refractivity contribution is 0.807. The van der Waals surface area contributed by atoms with E-state index in [1.54, 1.807) is 12.2 Å². The molecule has 0 bridgehead atoms. The minimum atomic E-state index is 0.367. The molecule has 0 amide bonds. The minimum absolute atomic E-state index is 0.367. The average molecular weight is 313 g/mol. The van der Waals surface area contributed by atoms with E-state index in [2.05, 4.69) is 35.0 Å². The summed E-state index contributed by atoms with van der Waals surface area (Å²) in [6.07, 6.45) is 5.94. The third-order valence-electron chi connectivity index (χ3n) is 2.21. The highest BCUT2D eigenvalue weighted by Gasteiger charge is 2.04. The molecule has 0 radical (unpaired) electrons. The van der Waals surface area contributed by atoms with Crippen LogP contribution in [-0.2, 0) is 0 Å². The number of aromatic nitrogens is 3. The van der Waals surface area contributed by atoms with Crippen LogP contribution in [0.5, 0.6) is 0 Å². The zero-order valence-electron chi connectivity index (χ0n) is 11.9. The highest BCUT2D eigenvalue weighted by Crippen LogP contribution is 2.05. The van der Waals surface area contributed by atoms with Gasteiger partial charge in [0.25, 0.3) is 0 Å². The lowest BCUT2D eigenvalue weighted by atomic mass is 10.3. The van der Waals surface area contributed by atoms with Gasteiger partial charge in [-0.3, -0.25) is 0 Å². The van der Waals surface area contributed by atoms with Gasteiger partial charge in [-0.2, -0.15) is 4.98 Å². The molecule has 0 aliphatic heterocycles. The molecule has 112 valence electrons. The van der Waals surface area contributed by atoms with Gasteiger partial charge in [-0.25, -0.2) is 0 Å². The number of nitrogens with zero attached hydrogens (tertiary/aromatic N) is 2. The maximum absolute atomic E-state index is 5.14. The standard InChI is InChI=1S/C9H12N4S2.C4H11N/c1-3-5-13(6-4-2)7-10-8(14)12-9(15)11-7;1-2-3-4-5/h3-4H,1-2,5-6H2,(H2,10,11,12,14,15);2-5H2,1H3. The van der Waals surface area contributed by atoms with Gasteiger partial charge in [-0.05, 0) is 37.4 Å². The van der Waals surface area contributed by atoms with E-state index in [1.165, 1.54) is 12.8 Å². The van der Waals surface area contributed by atoms with Crippen LogP contribution in [0, 0.1) is 9.54 Å². The van der Waals surface area contributed by atoms with E-state index in [9.17, 15) is 0 Å². The van der Waals surface area contributed by atoms with Gasteiger partial charge in [0.2, 0.25) is 10.7 Å². The van der Waals surface area contributed by atoms with Crippen molar-refractivity contribution < 1.29 is 0 Å². The number of aromatic amines is 2. The van der Waals surface area contributed by atoms with Crippen molar-refractivity contribution in [3.63, 3.8) is 0 Å². The normalized spacial score (nSPS) is 9.30. The van der Waals surface area contributed by atoms with Crippen molar-refractivity contribution >= 4 is 30.4 Å². The summed E-state index contributed by atoms with van der Waals surface area (Å²) >= 11 is 9.92. The van der Waals surface area contributed by atoms with E-state index in [4.69, 9.17) is 30.2 Å². The van der Waals surface area contributed by atoms with Crippen molar-refractivity contribution in [2.45, 2.75) is 19.8 Å². The molecule has 0 fully saturated rings. The van der Waals surface area contributed by atoms with Crippen LogP contribution in [0.25, 0.3) is 0 Å². The van der Waals surface area contributed by atoms with Gasteiger partial charge in [0, 0.05) is 13.1 Å². The molecule has 0 unspecified atom stereocenters. The maximum atomic E-state index is 5.14.